The number of ether oxygens (including phenoxy) is 2. The molecule has 0 aromatic carbocycles. The fourth-order valence-corrected chi connectivity index (χ4v) is 7.14. The van der Waals surface area contributed by atoms with E-state index in [0.717, 1.165) is 50.5 Å². The number of allylic oxidation sites excluding steroid dienone is 5. The molecule has 2 N–H and O–H groups in total. The van der Waals surface area contributed by atoms with Crippen LogP contribution in [0.25, 0.3) is 0 Å². The van der Waals surface area contributed by atoms with Crippen LogP contribution in [0.15, 0.2) is 47.1 Å². The van der Waals surface area contributed by atoms with Crippen molar-refractivity contribution in [3.05, 3.63) is 47.1 Å². The summed E-state index contributed by atoms with van der Waals surface area (Å²) in [6.45, 7) is 10.4. The summed E-state index contributed by atoms with van der Waals surface area (Å²) in [6.07, 6.45) is 17.8. The number of carbonyl (C=O) groups excluding carboxylic acids is 1. The highest BCUT2D eigenvalue weighted by molar-refractivity contribution is 5.71. The van der Waals surface area contributed by atoms with Crippen LogP contribution in [-0.4, -0.2) is 40.3 Å². The van der Waals surface area contributed by atoms with Crippen molar-refractivity contribution in [3.8, 4) is 0 Å². The second-order valence-electron chi connectivity index (χ2n) is 12.1. The third-order valence-electron chi connectivity index (χ3n) is 9.37. The second kappa shape index (κ2) is 11.0. The number of rotatable bonds is 6. The summed E-state index contributed by atoms with van der Waals surface area (Å²) in [6, 6.07) is 0. The number of aliphatic hydroxyl groups excluding tert-OH is 1. The number of fused-ring (bicyclic) bond motifs is 1. The van der Waals surface area contributed by atoms with Gasteiger partial charge in [0, 0.05) is 12.8 Å². The first-order valence-corrected chi connectivity index (χ1v) is 14.1. The minimum atomic E-state index is -1.63. The van der Waals surface area contributed by atoms with E-state index in [0.29, 0.717) is 11.5 Å². The van der Waals surface area contributed by atoms with Crippen molar-refractivity contribution in [2.45, 2.75) is 122 Å². The molecular weight excluding hydrogens is 452 g/mol. The molecule has 4 aliphatic carbocycles. The molecule has 0 aromatic rings. The lowest BCUT2D eigenvalue weighted by atomic mass is 9.64. The van der Waals surface area contributed by atoms with Crippen molar-refractivity contribution in [3.63, 3.8) is 0 Å². The summed E-state index contributed by atoms with van der Waals surface area (Å²) in [5, 5.41) is 21.8. The Morgan fingerprint density at radius 3 is 2.56 bits per heavy atom. The number of hydrogen-bond acceptors (Lipinski definition) is 5. The minimum Gasteiger partial charge on any atom is -0.458 e. The SMILES string of the molecule is C=C1C(=CC=C2CCC[C@]3(C)C(CC)=CC[C@@H]23)C[C@](O)(OCC(=O)OC2(C)CCCCCC2)CC1O. The van der Waals surface area contributed by atoms with Crippen LogP contribution >= 0.6 is 0 Å². The van der Waals surface area contributed by atoms with Crippen LogP contribution in [0.3, 0.4) is 0 Å². The number of esters is 1. The van der Waals surface area contributed by atoms with Crippen molar-refractivity contribution in [1.29, 1.82) is 0 Å². The summed E-state index contributed by atoms with van der Waals surface area (Å²) in [4.78, 5) is 12.6. The zero-order valence-corrected chi connectivity index (χ0v) is 22.6. The average molecular weight is 499 g/mol. The molecule has 0 amide bonds. The van der Waals surface area contributed by atoms with E-state index in [1.165, 1.54) is 31.3 Å². The molecule has 0 saturated heterocycles. The Morgan fingerprint density at radius 2 is 1.86 bits per heavy atom. The fourth-order valence-electron chi connectivity index (χ4n) is 7.14. The molecule has 1 unspecified atom stereocenters. The van der Waals surface area contributed by atoms with Crippen LogP contribution in [-0.2, 0) is 14.3 Å². The predicted molar refractivity (Wildman–Crippen MR) is 142 cm³/mol. The number of hydrogen-bond donors (Lipinski definition) is 2. The fraction of sp³-hybridized carbons (Fsp3) is 0.710. The monoisotopic (exact) mass is 498 g/mol. The predicted octanol–water partition coefficient (Wildman–Crippen LogP) is 6.46. The second-order valence-corrected chi connectivity index (χ2v) is 12.1. The average Bonchev–Trinajstić information content (AvgIpc) is 3.03. The Kier molecular flexibility index (Phi) is 8.33. The Morgan fingerprint density at radius 1 is 1.14 bits per heavy atom. The Bertz CT molecular complexity index is 935. The molecule has 4 atom stereocenters. The van der Waals surface area contributed by atoms with Crippen LogP contribution in [0.2, 0.25) is 0 Å². The summed E-state index contributed by atoms with van der Waals surface area (Å²) in [7, 11) is 0. The van der Waals surface area contributed by atoms with Gasteiger partial charge in [0.2, 0.25) is 0 Å². The summed E-state index contributed by atoms with van der Waals surface area (Å²) in [5.41, 5.74) is 4.20. The van der Waals surface area contributed by atoms with Gasteiger partial charge in [0.1, 0.15) is 12.2 Å². The van der Waals surface area contributed by atoms with Gasteiger partial charge in [-0.1, -0.05) is 62.6 Å². The van der Waals surface area contributed by atoms with Gasteiger partial charge in [0.05, 0.1) is 6.10 Å². The van der Waals surface area contributed by atoms with Gasteiger partial charge in [-0.15, -0.1) is 0 Å². The van der Waals surface area contributed by atoms with Gasteiger partial charge in [-0.2, -0.15) is 0 Å². The molecule has 0 bridgehead atoms. The van der Waals surface area contributed by atoms with Crippen molar-refractivity contribution in [2.24, 2.45) is 11.3 Å². The largest absolute Gasteiger partial charge is 0.458 e. The van der Waals surface area contributed by atoms with Gasteiger partial charge in [-0.05, 0) is 87.2 Å². The third-order valence-corrected chi connectivity index (χ3v) is 9.37. The first kappa shape index (κ1) is 27.3. The van der Waals surface area contributed by atoms with Gasteiger partial charge in [-0.3, -0.25) is 0 Å². The normalized spacial score (nSPS) is 36.9. The molecule has 0 aromatic heterocycles. The molecule has 0 aliphatic heterocycles. The molecule has 36 heavy (non-hydrogen) atoms. The van der Waals surface area contributed by atoms with E-state index < -0.39 is 23.5 Å². The molecule has 0 radical (unpaired) electrons. The molecule has 5 nitrogen and oxygen atoms in total. The Hall–Kier alpha value is -1.69. The van der Waals surface area contributed by atoms with Crippen LogP contribution in [0, 0.1) is 11.3 Å². The van der Waals surface area contributed by atoms with Gasteiger partial charge >= 0.3 is 5.97 Å². The van der Waals surface area contributed by atoms with Crippen LogP contribution in [0.1, 0.15) is 104 Å². The lowest BCUT2D eigenvalue weighted by Crippen LogP contribution is -2.44. The van der Waals surface area contributed by atoms with Gasteiger partial charge in [0.15, 0.2) is 5.79 Å². The smallest absolute Gasteiger partial charge is 0.332 e. The maximum atomic E-state index is 12.6. The van der Waals surface area contributed by atoms with Crippen molar-refractivity contribution < 1.29 is 24.5 Å². The summed E-state index contributed by atoms with van der Waals surface area (Å²) >= 11 is 0. The van der Waals surface area contributed by atoms with Crippen molar-refractivity contribution in [2.75, 3.05) is 6.61 Å². The highest BCUT2D eigenvalue weighted by Gasteiger charge is 2.44. The Labute approximate surface area is 217 Å². The zero-order chi connectivity index (χ0) is 26.0. The molecule has 3 saturated carbocycles. The van der Waals surface area contributed by atoms with E-state index in [1.54, 1.807) is 5.57 Å². The van der Waals surface area contributed by atoms with E-state index >= 15 is 0 Å². The lowest BCUT2D eigenvalue weighted by Gasteiger charge is -2.41. The Balaban J connectivity index is 1.41. The van der Waals surface area contributed by atoms with Crippen molar-refractivity contribution >= 4 is 5.97 Å². The number of aliphatic hydroxyl groups is 2. The highest BCUT2D eigenvalue weighted by atomic mass is 16.6. The molecule has 200 valence electrons. The standard InChI is InChI=1S/C31H46O5/c1-5-25-14-15-26-23(11-10-18-30(25,26)4)12-13-24-19-31(34,20-27(32)22(24)2)35-21-28(33)36-29(3)16-8-6-7-9-17-29/h12-14,26-27,32,34H,2,5-11,15-21H2,1,3-4H3/t26-,27?,30+,31-/m0/s1. The van der Waals surface area contributed by atoms with Gasteiger partial charge in [-0.25, -0.2) is 4.79 Å². The first-order chi connectivity index (χ1) is 17.1. The third kappa shape index (κ3) is 5.89. The lowest BCUT2D eigenvalue weighted by molar-refractivity contribution is -0.229. The minimum absolute atomic E-state index is 0.00519. The van der Waals surface area contributed by atoms with E-state index in [2.05, 4.69) is 32.6 Å². The molecule has 0 heterocycles. The van der Waals surface area contributed by atoms with Crippen molar-refractivity contribution in [1.82, 2.24) is 0 Å². The zero-order valence-electron chi connectivity index (χ0n) is 22.6. The molecule has 0 spiro atoms. The van der Waals surface area contributed by atoms with Gasteiger partial charge in [0.25, 0.3) is 0 Å². The molecule has 4 aliphatic rings. The molecule has 3 fully saturated rings. The maximum Gasteiger partial charge on any atom is 0.332 e. The van der Waals surface area contributed by atoms with E-state index in [1.807, 2.05) is 13.0 Å². The van der Waals surface area contributed by atoms with Gasteiger partial charge < -0.3 is 19.7 Å². The van der Waals surface area contributed by atoms with Crippen LogP contribution in [0.5, 0.6) is 0 Å². The highest BCUT2D eigenvalue weighted by Crippen LogP contribution is 2.55. The molecular formula is C31H46O5. The summed E-state index contributed by atoms with van der Waals surface area (Å²) < 4.78 is 11.5. The van der Waals surface area contributed by atoms with E-state index in [-0.39, 0.29) is 24.9 Å². The first-order valence-electron chi connectivity index (χ1n) is 14.1. The number of carbonyl (C=O) groups is 1. The van der Waals surface area contributed by atoms with E-state index in [9.17, 15) is 15.0 Å². The quantitative estimate of drug-likeness (QED) is 0.190. The molecule has 5 heteroatoms. The summed E-state index contributed by atoms with van der Waals surface area (Å²) in [5.74, 6) is -1.56. The molecule has 4 rings (SSSR count). The van der Waals surface area contributed by atoms with Crippen LogP contribution in [0.4, 0.5) is 0 Å². The topological polar surface area (TPSA) is 76.0 Å². The van der Waals surface area contributed by atoms with Crippen LogP contribution < -0.4 is 0 Å². The van der Waals surface area contributed by atoms with E-state index in [4.69, 9.17) is 9.47 Å². The maximum absolute atomic E-state index is 12.6.